The van der Waals surface area contributed by atoms with Crippen molar-refractivity contribution in [3.63, 3.8) is 0 Å². The van der Waals surface area contributed by atoms with E-state index in [1.807, 2.05) is 0 Å². The van der Waals surface area contributed by atoms with Gasteiger partial charge in [-0.25, -0.2) is 13.2 Å². The summed E-state index contributed by atoms with van der Waals surface area (Å²) in [6.45, 7) is 0. The highest BCUT2D eigenvalue weighted by Gasteiger charge is 2.23. The number of aromatic carboxylic acids is 1. The first kappa shape index (κ1) is 15.7. The lowest BCUT2D eigenvalue weighted by Crippen LogP contribution is -2.15. The molecule has 0 bridgehead atoms. The van der Waals surface area contributed by atoms with Gasteiger partial charge in [0.2, 0.25) is 0 Å². The first-order chi connectivity index (χ1) is 9.81. The molecule has 0 aliphatic heterocycles. The van der Waals surface area contributed by atoms with Crippen LogP contribution in [-0.2, 0) is 23.3 Å². The molecule has 6 nitrogen and oxygen atoms in total. The van der Waals surface area contributed by atoms with E-state index in [0.717, 1.165) is 5.69 Å². The predicted octanol–water partition coefficient (Wildman–Crippen LogP) is 1.90. The van der Waals surface area contributed by atoms with Gasteiger partial charge in [-0.2, -0.15) is 5.10 Å². The Hall–Kier alpha value is -1.67. The Labute approximate surface area is 130 Å². The maximum absolute atomic E-state index is 12.4. The van der Waals surface area contributed by atoms with Crippen molar-refractivity contribution in [2.75, 3.05) is 5.75 Å². The highest BCUT2D eigenvalue weighted by molar-refractivity contribution is 9.10. The van der Waals surface area contributed by atoms with E-state index < -0.39 is 15.8 Å². The van der Waals surface area contributed by atoms with Crippen LogP contribution in [0.15, 0.2) is 39.8 Å². The molecule has 2 rings (SSSR count). The molecule has 8 heteroatoms. The van der Waals surface area contributed by atoms with Crippen LogP contribution in [0, 0.1) is 0 Å². The zero-order chi connectivity index (χ0) is 15.6. The molecule has 1 aromatic heterocycles. The SMILES string of the molecule is Cn1nccc1CCS(=O)(=O)c1cc(Br)ccc1C(=O)O. The molecule has 0 fully saturated rings. The maximum atomic E-state index is 12.4. The quantitative estimate of drug-likeness (QED) is 0.865. The number of hydrogen-bond acceptors (Lipinski definition) is 4. The number of benzene rings is 1. The summed E-state index contributed by atoms with van der Waals surface area (Å²) in [6, 6.07) is 5.84. The van der Waals surface area contributed by atoms with Gasteiger partial charge in [-0.1, -0.05) is 15.9 Å². The van der Waals surface area contributed by atoms with Crippen LogP contribution in [-0.4, -0.2) is 35.0 Å². The molecule has 0 aliphatic rings. The summed E-state index contributed by atoms with van der Waals surface area (Å²) in [4.78, 5) is 11.0. The number of nitrogens with zero attached hydrogens (tertiary/aromatic N) is 2. The van der Waals surface area contributed by atoms with Gasteiger partial charge in [0.25, 0.3) is 0 Å². The second-order valence-corrected chi connectivity index (χ2v) is 7.45. The first-order valence-corrected chi connectivity index (χ1v) is 8.48. The highest BCUT2D eigenvalue weighted by Crippen LogP contribution is 2.23. The van der Waals surface area contributed by atoms with Gasteiger partial charge in [-0.3, -0.25) is 4.68 Å². The van der Waals surface area contributed by atoms with Crippen LogP contribution < -0.4 is 0 Å². The molecular formula is C13H13BrN2O4S. The van der Waals surface area contributed by atoms with E-state index in [0.29, 0.717) is 4.47 Å². The number of aromatic nitrogens is 2. The zero-order valence-corrected chi connectivity index (χ0v) is 13.6. The minimum atomic E-state index is -3.70. The lowest BCUT2D eigenvalue weighted by atomic mass is 10.2. The van der Waals surface area contributed by atoms with Crippen LogP contribution in [0.25, 0.3) is 0 Å². The van der Waals surface area contributed by atoms with Crippen molar-refractivity contribution in [3.8, 4) is 0 Å². The topological polar surface area (TPSA) is 89.3 Å². The van der Waals surface area contributed by atoms with Crippen molar-refractivity contribution in [2.24, 2.45) is 7.05 Å². The molecule has 0 aliphatic carbocycles. The number of sulfone groups is 1. The molecule has 1 aromatic carbocycles. The molecule has 0 saturated heterocycles. The van der Waals surface area contributed by atoms with Gasteiger partial charge in [-0.05, 0) is 24.3 Å². The molecule has 2 aromatic rings. The largest absolute Gasteiger partial charge is 0.478 e. The summed E-state index contributed by atoms with van der Waals surface area (Å²) in [6.07, 6.45) is 1.86. The predicted molar refractivity (Wildman–Crippen MR) is 80.1 cm³/mol. The van der Waals surface area contributed by atoms with E-state index in [1.165, 1.54) is 18.2 Å². The Morgan fingerprint density at radius 3 is 2.67 bits per heavy atom. The van der Waals surface area contributed by atoms with Crippen LogP contribution in [0.5, 0.6) is 0 Å². The number of carboxylic acid groups (broad SMARTS) is 1. The molecule has 0 saturated carbocycles. The molecule has 112 valence electrons. The van der Waals surface area contributed by atoms with Crippen LogP contribution in [0.4, 0.5) is 0 Å². The lowest BCUT2D eigenvalue weighted by molar-refractivity contribution is 0.0692. The Bertz CT molecular complexity index is 783. The smallest absolute Gasteiger partial charge is 0.337 e. The summed E-state index contributed by atoms with van der Waals surface area (Å²) >= 11 is 3.17. The van der Waals surface area contributed by atoms with E-state index in [9.17, 15) is 13.2 Å². The van der Waals surface area contributed by atoms with Gasteiger partial charge in [0.1, 0.15) is 0 Å². The van der Waals surface area contributed by atoms with Crippen molar-refractivity contribution in [3.05, 3.63) is 46.2 Å². The van der Waals surface area contributed by atoms with Crippen LogP contribution in [0.3, 0.4) is 0 Å². The average Bonchev–Trinajstić information content (AvgIpc) is 2.81. The fraction of sp³-hybridized carbons (Fsp3) is 0.231. The van der Waals surface area contributed by atoms with Crippen LogP contribution in [0.1, 0.15) is 16.1 Å². The van der Waals surface area contributed by atoms with E-state index in [2.05, 4.69) is 21.0 Å². The molecule has 0 radical (unpaired) electrons. The Morgan fingerprint density at radius 1 is 1.38 bits per heavy atom. The monoisotopic (exact) mass is 372 g/mol. The Kier molecular flexibility index (Phi) is 4.48. The summed E-state index contributed by atoms with van der Waals surface area (Å²) in [5.41, 5.74) is 0.550. The van der Waals surface area contributed by atoms with E-state index in [1.54, 1.807) is 24.0 Å². The second kappa shape index (κ2) is 5.98. The Balaban J connectivity index is 2.33. The molecular weight excluding hydrogens is 360 g/mol. The summed E-state index contributed by atoms with van der Waals surface area (Å²) in [7, 11) is -1.98. The third kappa shape index (κ3) is 3.51. The molecule has 1 N–H and O–H groups in total. The maximum Gasteiger partial charge on any atom is 0.337 e. The normalized spacial score (nSPS) is 11.5. The van der Waals surface area contributed by atoms with E-state index in [-0.39, 0.29) is 22.6 Å². The first-order valence-electron chi connectivity index (χ1n) is 6.04. The van der Waals surface area contributed by atoms with Gasteiger partial charge in [0, 0.05) is 29.8 Å². The van der Waals surface area contributed by atoms with Gasteiger partial charge >= 0.3 is 5.97 Å². The minimum absolute atomic E-state index is 0.174. The zero-order valence-electron chi connectivity index (χ0n) is 11.2. The third-order valence-electron chi connectivity index (χ3n) is 3.06. The lowest BCUT2D eigenvalue weighted by Gasteiger charge is -2.08. The van der Waals surface area contributed by atoms with Crippen molar-refractivity contribution in [2.45, 2.75) is 11.3 Å². The number of halogens is 1. The summed E-state index contributed by atoms with van der Waals surface area (Å²) in [5.74, 6) is -1.44. The number of carbonyl (C=O) groups is 1. The van der Waals surface area contributed by atoms with Crippen molar-refractivity contribution in [1.82, 2.24) is 9.78 Å². The standard InChI is InChI=1S/C13H13BrN2O4S/c1-16-10(4-6-15-16)5-7-21(19,20)12-8-9(14)2-3-11(12)13(17)18/h2-4,6,8H,5,7H2,1H3,(H,17,18). The number of hydrogen-bond donors (Lipinski definition) is 1. The Morgan fingerprint density at radius 2 is 2.10 bits per heavy atom. The number of aryl methyl sites for hydroxylation is 2. The van der Waals surface area contributed by atoms with E-state index in [4.69, 9.17) is 5.11 Å². The molecule has 21 heavy (non-hydrogen) atoms. The molecule has 0 atom stereocenters. The van der Waals surface area contributed by atoms with Gasteiger partial charge in [0.15, 0.2) is 9.84 Å². The van der Waals surface area contributed by atoms with E-state index >= 15 is 0 Å². The summed E-state index contributed by atoms with van der Waals surface area (Å²) < 4.78 is 26.9. The molecule has 1 heterocycles. The molecule has 0 amide bonds. The van der Waals surface area contributed by atoms with Crippen molar-refractivity contribution in [1.29, 1.82) is 0 Å². The third-order valence-corrected chi connectivity index (χ3v) is 5.30. The minimum Gasteiger partial charge on any atom is -0.478 e. The van der Waals surface area contributed by atoms with Gasteiger partial charge in [-0.15, -0.1) is 0 Å². The fourth-order valence-corrected chi connectivity index (χ4v) is 3.93. The number of rotatable bonds is 5. The van der Waals surface area contributed by atoms with Gasteiger partial charge in [0.05, 0.1) is 16.2 Å². The van der Waals surface area contributed by atoms with Crippen molar-refractivity contribution < 1.29 is 18.3 Å². The second-order valence-electron chi connectivity index (χ2n) is 4.46. The fourth-order valence-electron chi connectivity index (χ4n) is 1.93. The molecule has 0 unspecified atom stereocenters. The van der Waals surface area contributed by atoms with Crippen molar-refractivity contribution >= 4 is 31.7 Å². The van der Waals surface area contributed by atoms with Gasteiger partial charge < -0.3 is 5.11 Å². The van der Waals surface area contributed by atoms with Crippen LogP contribution >= 0.6 is 15.9 Å². The highest BCUT2D eigenvalue weighted by atomic mass is 79.9. The molecule has 0 spiro atoms. The number of carboxylic acids is 1. The summed E-state index contributed by atoms with van der Waals surface area (Å²) in [5, 5.41) is 13.1. The average molecular weight is 373 g/mol. The van der Waals surface area contributed by atoms with Crippen LogP contribution in [0.2, 0.25) is 0 Å².